The molecule has 0 aliphatic carbocycles. The van der Waals surface area contributed by atoms with E-state index in [0.717, 1.165) is 12.3 Å². The van der Waals surface area contributed by atoms with Crippen LogP contribution in [0.2, 0.25) is 0 Å². The van der Waals surface area contributed by atoms with Gasteiger partial charge in [-0.15, -0.1) is 23.1 Å². The lowest BCUT2D eigenvalue weighted by atomic mass is 10.3. The Morgan fingerprint density at radius 1 is 1.17 bits per heavy atom. The van der Waals surface area contributed by atoms with Gasteiger partial charge in [-0.25, -0.2) is 0 Å². The molecule has 2 aromatic rings. The lowest BCUT2D eigenvalue weighted by molar-refractivity contribution is 0.302. The SMILES string of the molecule is CNCc1ccc(COc2ccccc2SC)s1. The molecule has 0 fully saturated rings. The minimum absolute atomic E-state index is 0.645. The fourth-order valence-corrected chi connectivity index (χ4v) is 3.14. The van der Waals surface area contributed by atoms with Crippen LogP contribution in [0.4, 0.5) is 0 Å². The van der Waals surface area contributed by atoms with Crippen LogP contribution in [0.5, 0.6) is 5.75 Å². The maximum atomic E-state index is 5.87. The van der Waals surface area contributed by atoms with Crippen molar-refractivity contribution < 1.29 is 4.74 Å². The normalized spacial score (nSPS) is 10.6. The second-order valence-electron chi connectivity index (χ2n) is 3.84. The van der Waals surface area contributed by atoms with Crippen molar-refractivity contribution in [3.63, 3.8) is 0 Å². The summed E-state index contributed by atoms with van der Waals surface area (Å²) in [5.41, 5.74) is 0. The van der Waals surface area contributed by atoms with E-state index in [1.807, 2.05) is 25.2 Å². The highest BCUT2D eigenvalue weighted by Gasteiger charge is 2.04. The molecule has 4 heteroatoms. The molecule has 2 rings (SSSR count). The Morgan fingerprint density at radius 2 is 1.94 bits per heavy atom. The molecule has 1 aromatic carbocycles. The van der Waals surface area contributed by atoms with Gasteiger partial charge in [0.1, 0.15) is 12.4 Å². The molecule has 0 spiro atoms. The molecule has 1 N–H and O–H groups in total. The summed E-state index contributed by atoms with van der Waals surface area (Å²) in [7, 11) is 1.96. The van der Waals surface area contributed by atoms with Crippen molar-refractivity contribution in [2.45, 2.75) is 18.0 Å². The smallest absolute Gasteiger partial charge is 0.133 e. The largest absolute Gasteiger partial charge is 0.487 e. The number of hydrogen-bond acceptors (Lipinski definition) is 4. The van der Waals surface area contributed by atoms with Gasteiger partial charge >= 0.3 is 0 Å². The van der Waals surface area contributed by atoms with Crippen molar-refractivity contribution in [3.8, 4) is 5.75 Å². The Kier molecular flexibility index (Phi) is 5.11. The molecule has 0 atom stereocenters. The summed E-state index contributed by atoms with van der Waals surface area (Å²) >= 11 is 3.51. The zero-order valence-corrected chi connectivity index (χ0v) is 12.2. The van der Waals surface area contributed by atoms with Crippen LogP contribution in [0.15, 0.2) is 41.3 Å². The first-order valence-corrected chi connectivity index (χ1v) is 7.85. The molecule has 0 radical (unpaired) electrons. The average molecular weight is 279 g/mol. The van der Waals surface area contributed by atoms with E-state index in [0.29, 0.717) is 6.61 Å². The summed E-state index contributed by atoms with van der Waals surface area (Å²) in [6, 6.07) is 12.4. The van der Waals surface area contributed by atoms with Crippen molar-refractivity contribution in [3.05, 3.63) is 46.2 Å². The number of ether oxygens (including phenoxy) is 1. The molecule has 1 heterocycles. The standard InChI is InChI=1S/C14H17NOS2/c1-15-9-11-7-8-12(18-11)10-16-13-5-3-4-6-14(13)17-2/h3-8,15H,9-10H2,1-2H3. The third-order valence-electron chi connectivity index (χ3n) is 2.51. The minimum Gasteiger partial charge on any atom is -0.487 e. The van der Waals surface area contributed by atoms with Crippen LogP contribution in [0, 0.1) is 0 Å². The second kappa shape index (κ2) is 6.83. The highest BCUT2D eigenvalue weighted by Crippen LogP contribution is 2.28. The van der Waals surface area contributed by atoms with Crippen LogP contribution in [0.1, 0.15) is 9.75 Å². The topological polar surface area (TPSA) is 21.3 Å². The van der Waals surface area contributed by atoms with Crippen molar-refractivity contribution in [1.29, 1.82) is 0 Å². The quantitative estimate of drug-likeness (QED) is 0.813. The molecule has 0 bridgehead atoms. The van der Waals surface area contributed by atoms with Gasteiger partial charge in [0.2, 0.25) is 0 Å². The van der Waals surface area contributed by atoms with Crippen LogP contribution >= 0.6 is 23.1 Å². The number of thiophene rings is 1. The second-order valence-corrected chi connectivity index (χ2v) is 5.94. The maximum Gasteiger partial charge on any atom is 0.133 e. The molecule has 0 aliphatic rings. The van der Waals surface area contributed by atoms with Gasteiger partial charge in [0.05, 0.1) is 0 Å². The highest BCUT2D eigenvalue weighted by atomic mass is 32.2. The van der Waals surface area contributed by atoms with Gasteiger partial charge in [0, 0.05) is 21.2 Å². The predicted octanol–water partition coefficient (Wildman–Crippen LogP) is 3.77. The Labute approximate surface area is 116 Å². The first-order valence-electron chi connectivity index (χ1n) is 5.81. The summed E-state index contributed by atoms with van der Waals surface area (Å²) in [6.07, 6.45) is 2.07. The predicted molar refractivity (Wildman–Crippen MR) is 79.6 cm³/mol. The van der Waals surface area contributed by atoms with E-state index in [4.69, 9.17) is 4.74 Å². The zero-order chi connectivity index (χ0) is 12.8. The van der Waals surface area contributed by atoms with Gasteiger partial charge in [0.15, 0.2) is 0 Å². The number of para-hydroxylation sites is 1. The Morgan fingerprint density at radius 3 is 2.72 bits per heavy atom. The van der Waals surface area contributed by atoms with Gasteiger partial charge in [0.25, 0.3) is 0 Å². The molecule has 0 unspecified atom stereocenters. The maximum absolute atomic E-state index is 5.87. The van der Waals surface area contributed by atoms with E-state index in [1.165, 1.54) is 14.6 Å². The third kappa shape index (κ3) is 3.51. The van der Waals surface area contributed by atoms with Crippen molar-refractivity contribution in [1.82, 2.24) is 5.32 Å². The molecule has 1 aromatic heterocycles. The monoisotopic (exact) mass is 279 g/mol. The molecule has 96 valence electrons. The van der Waals surface area contributed by atoms with Crippen LogP contribution in [-0.2, 0) is 13.2 Å². The fraction of sp³-hybridized carbons (Fsp3) is 0.286. The number of benzene rings is 1. The van der Waals surface area contributed by atoms with Crippen molar-refractivity contribution >= 4 is 23.1 Å². The molecular formula is C14H17NOS2. The average Bonchev–Trinajstić information content (AvgIpc) is 2.85. The summed E-state index contributed by atoms with van der Waals surface area (Å²) in [4.78, 5) is 3.79. The summed E-state index contributed by atoms with van der Waals surface area (Å²) in [5, 5.41) is 3.16. The van der Waals surface area contributed by atoms with Gasteiger partial charge in [-0.2, -0.15) is 0 Å². The lowest BCUT2D eigenvalue weighted by Crippen LogP contribution is -2.02. The van der Waals surface area contributed by atoms with Gasteiger partial charge in [-0.3, -0.25) is 0 Å². The first kappa shape index (κ1) is 13.5. The van der Waals surface area contributed by atoms with Gasteiger partial charge < -0.3 is 10.1 Å². The van der Waals surface area contributed by atoms with Crippen molar-refractivity contribution in [2.75, 3.05) is 13.3 Å². The summed E-state index contributed by atoms with van der Waals surface area (Å²) in [6.45, 7) is 1.57. The van der Waals surface area contributed by atoms with E-state index in [-0.39, 0.29) is 0 Å². The number of rotatable bonds is 6. The molecular weight excluding hydrogens is 262 g/mol. The lowest BCUT2D eigenvalue weighted by Gasteiger charge is -2.08. The van der Waals surface area contributed by atoms with E-state index < -0.39 is 0 Å². The fourth-order valence-electron chi connectivity index (χ4n) is 1.66. The van der Waals surface area contributed by atoms with Crippen LogP contribution in [-0.4, -0.2) is 13.3 Å². The molecule has 0 amide bonds. The third-order valence-corrected chi connectivity index (χ3v) is 4.34. The molecule has 0 saturated carbocycles. The molecule has 2 nitrogen and oxygen atoms in total. The summed E-state index contributed by atoms with van der Waals surface area (Å²) in [5.74, 6) is 0.966. The zero-order valence-electron chi connectivity index (χ0n) is 10.6. The number of nitrogens with one attached hydrogen (secondary N) is 1. The van der Waals surface area contributed by atoms with Crippen LogP contribution < -0.4 is 10.1 Å². The minimum atomic E-state index is 0.645. The molecule has 0 aliphatic heterocycles. The van der Waals surface area contributed by atoms with E-state index in [9.17, 15) is 0 Å². The molecule has 0 saturated heterocycles. The highest BCUT2D eigenvalue weighted by molar-refractivity contribution is 7.98. The Bertz CT molecular complexity index is 496. The van der Waals surface area contributed by atoms with Crippen molar-refractivity contribution in [2.24, 2.45) is 0 Å². The summed E-state index contributed by atoms with van der Waals surface area (Å²) < 4.78 is 5.87. The first-order chi connectivity index (χ1) is 8.83. The van der Waals surface area contributed by atoms with E-state index in [1.54, 1.807) is 23.1 Å². The van der Waals surface area contributed by atoms with Gasteiger partial charge in [-0.05, 0) is 37.6 Å². The number of thioether (sulfide) groups is 1. The van der Waals surface area contributed by atoms with Crippen LogP contribution in [0.25, 0.3) is 0 Å². The van der Waals surface area contributed by atoms with Crippen LogP contribution in [0.3, 0.4) is 0 Å². The Balaban J connectivity index is 1.97. The molecule has 18 heavy (non-hydrogen) atoms. The number of hydrogen-bond donors (Lipinski definition) is 1. The van der Waals surface area contributed by atoms with Gasteiger partial charge in [-0.1, -0.05) is 12.1 Å². The Hall–Kier alpha value is -0.970. The van der Waals surface area contributed by atoms with E-state index in [2.05, 4.69) is 29.8 Å². The van der Waals surface area contributed by atoms with E-state index >= 15 is 0 Å².